The van der Waals surface area contributed by atoms with Crippen molar-refractivity contribution in [1.82, 2.24) is 9.13 Å². The molecule has 8 aromatic heterocycles. The number of benzene rings is 3. The number of nitrogens with zero attached hydrogens (tertiary/aromatic N) is 2. The molecule has 8 heteroatoms. The molecule has 8 heterocycles. The highest BCUT2D eigenvalue weighted by Gasteiger charge is 2.25. The van der Waals surface area contributed by atoms with Crippen LogP contribution in [0.4, 0.5) is 0 Å². The first-order chi connectivity index (χ1) is 24.4. The molecule has 0 saturated heterocycles. The predicted octanol–water partition coefficient (Wildman–Crippen LogP) is 15.1. The van der Waals surface area contributed by atoms with E-state index in [9.17, 15) is 0 Å². The Morgan fingerprint density at radius 2 is 0.800 bits per heavy atom. The van der Waals surface area contributed by atoms with Crippen molar-refractivity contribution in [3.05, 3.63) is 118 Å². The standard InChI is InChI=1S/C42H28N2S6/c1-21-5-11-25(12-6-21)43-29-19-35(31-15-9-23(3)45-31)49-39(29)41-37(43)27-17-34-28(18-33(27)47-41)38-42(48-34)40-30(44(38)26-13-7-22(2)8-14-26)20-36(50-40)32-16-10-24(4)46-32/h5-20H,1-4H3. The van der Waals surface area contributed by atoms with E-state index in [2.05, 4.69) is 134 Å². The second-order valence-corrected chi connectivity index (χ2v) is 20.0. The van der Waals surface area contributed by atoms with E-state index in [-0.39, 0.29) is 0 Å². The highest BCUT2D eigenvalue weighted by atomic mass is 32.1. The van der Waals surface area contributed by atoms with Crippen molar-refractivity contribution >= 4 is 129 Å². The van der Waals surface area contributed by atoms with Crippen molar-refractivity contribution in [2.45, 2.75) is 27.7 Å². The quantitative estimate of drug-likeness (QED) is 0.169. The number of thiophene rings is 6. The fourth-order valence-corrected chi connectivity index (χ4v) is 14.3. The zero-order valence-corrected chi connectivity index (χ0v) is 32.5. The fraction of sp³-hybridized carbons (Fsp3) is 0.0952. The van der Waals surface area contributed by atoms with Crippen molar-refractivity contribution in [1.29, 1.82) is 0 Å². The lowest BCUT2D eigenvalue weighted by Crippen LogP contribution is -1.93. The van der Waals surface area contributed by atoms with Crippen LogP contribution in [0.5, 0.6) is 0 Å². The summed E-state index contributed by atoms with van der Waals surface area (Å²) >= 11 is 11.6. The summed E-state index contributed by atoms with van der Waals surface area (Å²) in [5.41, 5.74) is 10.3. The number of aryl methyl sites for hydroxylation is 4. The maximum absolute atomic E-state index is 2.53. The Bertz CT molecular complexity index is 2910. The van der Waals surface area contributed by atoms with E-state index in [0.717, 1.165) is 0 Å². The highest BCUT2D eigenvalue weighted by Crippen LogP contribution is 2.52. The van der Waals surface area contributed by atoms with E-state index in [0.29, 0.717) is 0 Å². The van der Waals surface area contributed by atoms with E-state index < -0.39 is 0 Å². The van der Waals surface area contributed by atoms with Gasteiger partial charge in [-0.3, -0.25) is 0 Å². The molecule has 3 aromatic carbocycles. The zero-order chi connectivity index (χ0) is 33.4. The normalized spacial score (nSPS) is 12.4. The second-order valence-electron chi connectivity index (χ2n) is 13.2. The third-order valence-electron chi connectivity index (χ3n) is 9.76. The SMILES string of the molecule is Cc1ccc(-n2c3cc(-c4ccc(C)s4)sc3c3sc4cc5c(cc4c32)sc2c3sc(-c4ccc(C)s4)cc3n(-c3ccc(C)cc3)c52)cc1. The van der Waals surface area contributed by atoms with Gasteiger partial charge in [-0.25, -0.2) is 0 Å². The maximum Gasteiger partial charge on any atom is 0.0736 e. The van der Waals surface area contributed by atoms with E-state index >= 15 is 0 Å². The molecule has 0 aliphatic carbocycles. The molecule has 11 rings (SSSR count). The van der Waals surface area contributed by atoms with Crippen LogP contribution < -0.4 is 0 Å². The summed E-state index contributed by atoms with van der Waals surface area (Å²) in [6.45, 7) is 8.73. The molecule has 0 saturated carbocycles. The average Bonchev–Trinajstić information content (AvgIpc) is 3.95. The van der Waals surface area contributed by atoms with Crippen LogP contribution in [-0.2, 0) is 0 Å². The van der Waals surface area contributed by atoms with Crippen molar-refractivity contribution in [2.75, 3.05) is 0 Å². The van der Waals surface area contributed by atoms with E-state index in [1.807, 2.05) is 68.0 Å². The van der Waals surface area contributed by atoms with Crippen molar-refractivity contribution in [2.24, 2.45) is 0 Å². The molecule has 0 amide bonds. The molecule has 2 nitrogen and oxygen atoms in total. The van der Waals surface area contributed by atoms with Crippen LogP contribution in [0.1, 0.15) is 20.9 Å². The van der Waals surface area contributed by atoms with E-state index in [1.54, 1.807) is 0 Å². The summed E-state index contributed by atoms with van der Waals surface area (Å²) in [5, 5.41) is 2.69. The van der Waals surface area contributed by atoms with Gasteiger partial charge in [0.05, 0.1) is 40.9 Å². The molecular weight excluding hydrogens is 725 g/mol. The molecule has 0 radical (unpaired) electrons. The molecule has 0 bridgehead atoms. The Morgan fingerprint density at radius 1 is 0.380 bits per heavy atom. The summed E-state index contributed by atoms with van der Waals surface area (Å²) in [6, 6.07) is 37.0. The zero-order valence-electron chi connectivity index (χ0n) is 27.6. The van der Waals surface area contributed by atoms with Crippen molar-refractivity contribution in [3.63, 3.8) is 0 Å². The van der Waals surface area contributed by atoms with Gasteiger partial charge in [-0.05, 0) is 100 Å². The Labute approximate surface area is 312 Å². The fourth-order valence-electron chi connectivity index (χ4n) is 7.37. The molecular formula is C42H28N2S6. The van der Waals surface area contributed by atoms with Gasteiger partial charge in [0.2, 0.25) is 0 Å². The first kappa shape index (κ1) is 29.7. The van der Waals surface area contributed by atoms with Gasteiger partial charge < -0.3 is 9.13 Å². The highest BCUT2D eigenvalue weighted by molar-refractivity contribution is 7.34. The van der Waals surface area contributed by atoms with E-state index in [1.165, 1.54) is 113 Å². The van der Waals surface area contributed by atoms with Crippen LogP contribution in [0.2, 0.25) is 0 Å². The minimum Gasteiger partial charge on any atom is -0.307 e. The van der Waals surface area contributed by atoms with Crippen molar-refractivity contribution in [3.8, 4) is 30.9 Å². The smallest absolute Gasteiger partial charge is 0.0736 e. The molecule has 0 atom stereocenters. The lowest BCUT2D eigenvalue weighted by molar-refractivity contribution is 1.18. The van der Waals surface area contributed by atoms with Crippen LogP contribution in [-0.4, -0.2) is 9.13 Å². The molecule has 0 spiro atoms. The average molecular weight is 753 g/mol. The lowest BCUT2D eigenvalue weighted by Gasteiger charge is -2.08. The van der Waals surface area contributed by atoms with Gasteiger partial charge in [-0.1, -0.05) is 35.4 Å². The topological polar surface area (TPSA) is 9.86 Å². The Morgan fingerprint density at radius 3 is 1.18 bits per heavy atom. The largest absolute Gasteiger partial charge is 0.307 e. The first-order valence-electron chi connectivity index (χ1n) is 16.6. The second kappa shape index (κ2) is 10.7. The van der Waals surface area contributed by atoms with E-state index in [4.69, 9.17) is 0 Å². The minimum atomic E-state index is 1.22. The van der Waals surface area contributed by atoms with Crippen LogP contribution >= 0.6 is 68.0 Å². The molecule has 0 aliphatic heterocycles. The lowest BCUT2D eigenvalue weighted by atomic mass is 10.1. The monoisotopic (exact) mass is 752 g/mol. The Kier molecular flexibility index (Phi) is 6.38. The van der Waals surface area contributed by atoms with Gasteiger partial charge in [0.15, 0.2) is 0 Å². The summed E-state index contributed by atoms with van der Waals surface area (Å²) in [7, 11) is 0. The number of hydrogen-bond acceptors (Lipinski definition) is 6. The van der Waals surface area contributed by atoms with Crippen molar-refractivity contribution < 1.29 is 0 Å². The van der Waals surface area contributed by atoms with Gasteiger partial charge in [0.1, 0.15) is 0 Å². The third kappa shape index (κ3) is 4.27. The van der Waals surface area contributed by atoms with Gasteiger partial charge in [-0.2, -0.15) is 0 Å². The molecule has 0 N–H and O–H groups in total. The third-order valence-corrected chi connectivity index (χ3v) is 17.0. The number of rotatable bonds is 4. The predicted molar refractivity (Wildman–Crippen MR) is 227 cm³/mol. The molecule has 0 fully saturated rings. The van der Waals surface area contributed by atoms with Gasteiger partial charge in [0, 0.05) is 60.8 Å². The maximum atomic E-state index is 2.53. The molecule has 0 unspecified atom stereocenters. The minimum absolute atomic E-state index is 1.22. The van der Waals surface area contributed by atoms with Gasteiger partial charge in [-0.15, -0.1) is 68.0 Å². The summed E-state index contributed by atoms with van der Waals surface area (Å²) < 4.78 is 13.3. The van der Waals surface area contributed by atoms with Gasteiger partial charge >= 0.3 is 0 Å². The van der Waals surface area contributed by atoms with Crippen LogP contribution in [0.25, 0.3) is 91.9 Å². The molecule has 50 heavy (non-hydrogen) atoms. The number of aromatic nitrogens is 2. The first-order valence-corrected chi connectivity index (χ1v) is 21.5. The number of hydrogen-bond donors (Lipinski definition) is 0. The Hall–Kier alpha value is -4.02. The molecule has 0 aliphatic rings. The Balaban J connectivity index is 1.21. The molecule has 11 aromatic rings. The summed E-state index contributed by atoms with van der Waals surface area (Å²) in [4.78, 5) is 8.11. The van der Waals surface area contributed by atoms with Gasteiger partial charge in [0.25, 0.3) is 0 Å². The summed E-state index contributed by atoms with van der Waals surface area (Å²) in [5.74, 6) is 0. The molecule has 242 valence electrons. The van der Waals surface area contributed by atoms with Crippen LogP contribution in [0, 0.1) is 27.7 Å². The van der Waals surface area contributed by atoms with Crippen LogP contribution in [0.3, 0.4) is 0 Å². The number of fused-ring (bicyclic) bond motifs is 10. The van der Waals surface area contributed by atoms with Crippen LogP contribution in [0.15, 0.2) is 97.1 Å². The summed E-state index contributed by atoms with van der Waals surface area (Å²) in [6.07, 6.45) is 0.